The van der Waals surface area contributed by atoms with Gasteiger partial charge in [-0.2, -0.15) is 0 Å². The number of rotatable bonds is 2. The molecule has 2 aromatic carbocycles. The van der Waals surface area contributed by atoms with Crippen LogP contribution in [0.1, 0.15) is 20.8 Å². The molecule has 0 unspecified atom stereocenters. The van der Waals surface area contributed by atoms with Crippen LogP contribution in [0.2, 0.25) is 0 Å². The van der Waals surface area contributed by atoms with Crippen LogP contribution in [0.3, 0.4) is 0 Å². The summed E-state index contributed by atoms with van der Waals surface area (Å²) in [5.41, 5.74) is 6.07. The van der Waals surface area contributed by atoms with Crippen LogP contribution in [0.25, 0.3) is 11.1 Å². The number of hydrogen-bond donors (Lipinski definition) is 3. The smallest absolute Gasteiger partial charge is 0.412 e. The second-order valence-corrected chi connectivity index (χ2v) is 6.06. The van der Waals surface area contributed by atoms with Crippen molar-refractivity contribution < 1.29 is 19.0 Å². The Labute approximate surface area is 133 Å². The highest BCUT2D eigenvalue weighted by molar-refractivity contribution is 5.92. The Kier molecular flexibility index (Phi) is 4.45. The zero-order valence-corrected chi connectivity index (χ0v) is 13.2. The van der Waals surface area contributed by atoms with Gasteiger partial charge in [0.15, 0.2) is 0 Å². The summed E-state index contributed by atoms with van der Waals surface area (Å²) in [7, 11) is 0. The molecule has 0 aliphatic rings. The number of carbonyl (C=O) groups is 1. The molecule has 0 saturated heterocycles. The van der Waals surface area contributed by atoms with Gasteiger partial charge >= 0.3 is 6.09 Å². The standard InChI is InChI=1S/C17H19FN2O3/c1-17(2,3)23-16(22)20-14-9-15(21)11(8-13(14)19)10-6-4-5-7-12(10)18/h4-9,21H,19H2,1-3H3,(H,20,22). The first-order valence-electron chi connectivity index (χ1n) is 7.05. The van der Waals surface area contributed by atoms with Crippen LogP contribution in [0.4, 0.5) is 20.6 Å². The van der Waals surface area contributed by atoms with Crippen molar-refractivity contribution in [2.75, 3.05) is 11.1 Å². The minimum atomic E-state index is -0.692. The number of aromatic hydroxyl groups is 1. The van der Waals surface area contributed by atoms with Crippen molar-refractivity contribution in [3.63, 3.8) is 0 Å². The first-order chi connectivity index (χ1) is 10.7. The first kappa shape index (κ1) is 16.6. The van der Waals surface area contributed by atoms with E-state index in [1.807, 2.05) is 0 Å². The normalized spacial score (nSPS) is 11.1. The van der Waals surface area contributed by atoms with Crippen molar-refractivity contribution >= 4 is 17.5 Å². The third kappa shape index (κ3) is 4.12. The van der Waals surface area contributed by atoms with E-state index >= 15 is 0 Å². The molecule has 0 aliphatic carbocycles. The highest BCUT2D eigenvalue weighted by atomic mass is 19.1. The van der Waals surface area contributed by atoms with Gasteiger partial charge in [0.2, 0.25) is 0 Å². The lowest BCUT2D eigenvalue weighted by Crippen LogP contribution is -2.27. The Morgan fingerprint density at radius 1 is 1.22 bits per heavy atom. The van der Waals surface area contributed by atoms with E-state index in [1.165, 1.54) is 24.3 Å². The number of carbonyl (C=O) groups excluding carboxylic acids is 1. The molecule has 0 spiro atoms. The molecular formula is C17H19FN2O3. The summed E-state index contributed by atoms with van der Waals surface area (Å²) < 4.78 is 19.0. The van der Waals surface area contributed by atoms with Crippen molar-refractivity contribution in [2.45, 2.75) is 26.4 Å². The molecule has 5 nitrogen and oxygen atoms in total. The number of hydrogen-bond acceptors (Lipinski definition) is 4. The maximum absolute atomic E-state index is 13.8. The molecule has 1 amide bonds. The van der Waals surface area contributed by atoms with E-state index in [9.17, 15) is 14.3 Å². The number of nitrogens with one attached hydrogen (secondary N) is 1. The Hall–Kier alpha value is -2.76. The van der Waals surface area contributed by atoms with Gasteiger partial charge in [0.05, 0.1) is 11.4 Å². The number of anilines is 2. The van der Waals surface area contributed by atoms with Crippen molar-refractivity contribution in [3.05, 3.63) is 42.2 Å². The van der Waals surface area contributed by atoms with Gasteiger partial charge < -0.3 is 15.6 Å². The minimum Gasteiger partial charge on any atom is -0.507 e. The topological polar surface area (TPSA) is 84.6 Å². The van der Waals surface area contributed by atoms with Crippen molar-refractivity contribution in [1.29, 1.82) is 0 Å². The van der Waals surface area contributed by atoms with Gasteiger partial charge in [-0.15, -0.1) is 0 Å². The highest BCUT2D eigenvalue weighted by Crippen LogP contribution is 2.36. The fourth-order valence-electron chi connectivity index (χ4n) is 2.02. The predicted octanol–water partition coefficient (Wildman–Crippen LogP) is 4.13. The minimum absolute atomic E-state index is 0.187. The van der Waals surface area contributed by atoms with Crippen LogP contribution in [-0.2, 0) is 4.74 Å². The van der Waals surface area contributed by atoms with E-state index in [4.69, 9.17) is 10.5 Å². The fourth-order valence-corrected chi connectivity index (χ4v) is 2.02. The van der Waals surface area contributed by atoms with E-state index < -0.39 is 17.5 Å². The number of phenols is 1. The van der Waals surface area contributed by atoms with Gasteiger partial charge in [0, 0.05) is 17.2 Å². The number of nitrogen functional groups attached to an aromatic ring is 1. The van der Waals surface area contributed by atoms with Crippen LogP contribution in [0.15, 0.2) is 36.4 Å². The number of amides is 1. The van der Waals surface area contributed by atoms with E-state index in [1.54, 1.807) is 32.9 Å². The lowest BCUT2D eigenvalue weighted by Gasteiger charge is -2.20. The fraction of sp³-hybridized carbons (Fsp3) is 0.235. The first-order valence-corrected chi connectivity index (χ1v) is 7.05. The Morgan fingerprint density at radius 2 is 1.87 bits per heavy atom. The molecule has 4 N–H and O–H groups in total. The van der Waals surface area contributed by atoms with Gasteiger partial charge in [-0.05, 0) is 32.9 Å². The Bertz CT molecular complexity index is 739. The molecule has 0 saturated carbocycles. The molecule has 0 radical (unpaired) electrons. The lowest BCUT2D eigenvalue weighted by molar-refractivity contribution is 0.0636. The SMILES string of the molecule is CC(C)(C)OC(=O)Nc1cc(O)c(-c2ccccc2F)cc1N. The Balaban J connectivity index is 2.31. The quantitative estimate of drug-likeness (QED) is 0.574. The van der Waals surface area contributed by atoms with Crippen molar-refractivity contribution in [3.8, 4) is 16.9 Å². The van der Waals surface area contributed by atoms with Crippen LogP contribution in [-0.4, -0.2) is 16.8 Å². The zero-order valence-electron chi connectivity index (χ0n) is 13.2. The van der Waals surface area contributed by atoms with Crippen LogP contribution in [0, 0.1) is 5.82 Å². The summed E-state index contributed by atoms with van der Waals surface area (Å²) in [6, 6.07) is 8.70. The molecule has 23 heavy (non-hydrogen) atoms. The summed E-state index contributed by atoms with van der Waals surface area (Å²) in [5, 5.41) is 12.6. The van der Waals surface area contributed by atoms with Gasteiger partial charge in [-0.3, -0.25) is 5.32 Å². The third-order valence-corrected chi connectivity index (χ3v) is 2.97. The van der Waals surface area contributed by atoms with Gasteiger partial charge in [-0.25, -0.2) is 9.18 Å². The van der Waals surface area contributed by atoms with Crippen LogP contribution < -0.4 is 11.1 Å². The predicted molar refractivity (Wildman–Crippen MR) is 87.8 cm³/mol. The van der Waals surface area contributed by atoms with Crippen LogP contribution >= 0.6 is 0 Å². The third-order valence-electron chi connectivity index (χ3n) is 2.97. The summed E-state index contributed by atoms with van der Waals surface area (Å²) in [6.07, 6.45) is -0.692. The maximum atomic E-state index is 13.8. The molecular weight excluding hydrogens is 299 g/mol. The van der Waals surface area contributed by atoms with Gasteiger partial charge in [0.1, 0.15) is 17.2 Å². The largest absolute Gasteiger partial charge is 0.507 e. The monoisotopic (exact) mass is 318 g/mol. The summed E-state index contributed by atoms with van der Waals surface area (Å²) in [6.45, 7) is 5.19. The summed E-state index contributed by atoms with van der Waals surface area (Å²) >= 11 is 0. The highest BCUT2D eigenvalue weighted by Gasteiger charge is 2.18. The number of phenolic OH excluding ortho intramolecular Hbond substituents is 1. The van der Waals surface area contributed by atoms with Crippen molar-refractivity contribution in [2.24, 2.45) is 0 Å². The molecule has 0 heterocycles. The summed E-state index contributed by atoms with van der Waals surface area (Å²) in [5.74, 6) is -0.676. The number of benzene rings is 2. The molecule has 2 rings (SSSR count). The molecule has 0 aromatic heterocycles. The second-order valence-electron chi connectivity index (χ2n) is 6.06. The van der Waals surface area contributed by atoms with E-state index in [-0.39, 0.29) is 28.3 Å². The zero-order chi connectivity index (χ0) is 17.2. The van der Waals surface area contributed by atoms with E-state index in [0.717, 1.165) is 0 Å². The molecule has 122 valence electrons. The molecule has 0 fully saturated rings. The van der Waals surface area contributed by atoms with Gasteiger partial charge in [0.25, 0.3) is 0 Å². The van der Waals surface area contributed by atoms with E-state index in [0.29, 0.717) is 0 Å². The van der Waals surface area contributed by atoms with Gasteiger partial charge in [-0.1, -0.05) is 18.2 Å². The average molecular weight is 318 g/mol. The number of nitrogens with two attached hydrogens (primary N) is 1. The second kappa shape index (κ2) is 6.16. The summed E-state index contributed by atoms with van der Waals surface area (Å²) in [4.78, 5) is 11.8. The molecule has 0 bridgehead atoms. The Morgan fingerprint density at radius 3 is 2.48 bits per heavy atom. The van der Waals surface area contributed by atoms with Crippen LogP contribution in [0.5, 0.6) is 5.75 Å². The molecule has 2 aromatic rings. The number of halogens is 1. The van der Waals surface area contributed by atoms with E-state index in [2.05, 4.69) is 5.32 Å². The lowest BCUT2D eigenvalue weighted by atomic mass is 10.0. The number of ether oxygens (including phenoxy) is 1. The average Bonchev–Trinajstić information content (AvgIpc) is 2.41. The molecule has 0 aliphatic heterocycles. The van der Waals surface area contributed by atoms with Crippen molar-refractivity contribution in [1.82, 2.24) is 0 Å². The maximum Gasteiger partial charge on any atom is 0.412 e. The molecule has 6 heteroatoms. The molecule has 0 atom stereocenters.